The van der Waals surface area contributed by atoms with Crippen molar-refractivity contribution in [3.05, 3.63) is 32.9 Å². The first-order valence-electron chi connectivity index (χ1n) is 7.01. The molecule has 1 aliphatic rings. The Hall–Kier alpha value is -1.45. The van der Waals surface area contributed by atoms with Gasteiger partial charge in [-0.25, -0.2) is 13.6 Å². The van der Waals surface area contributed by atoms with Crippen molar-refractivity contribution in [1.29, 1.82) is 0 Å². The average molecular weight is 438 g/mol. The second-order valence-corrected chi connectivity index (χ2v) is 7.44. The number of likely N-dealkylation sites (tertiary alicyclic amines) is 1. The van der Waals surface area contributed by atoms with Gasteiger partial charge in [-0.05, 0) is 55.5 Å². The third-order valence-electron chi connectivity index (χ3n) is 3.14. The summed E-state index contributed by atoms with van der Waals surface area (Å²) in [5, 5.41) is 2.52. The molecule has 5 nitrogen and oxygen atoms in total. The van der Waals surface area contributed by atoms with Crippen LogP contribution in [0.4, 0.5) is 13.6 Å². The van der Waals surface area contributed by atoms with Crippen LogP contribution in [-0.2, 0) is 4.74 Å². The van der Waals surface area contributed by atoms with Crippen molar-refractivity contribution in [2.45, 2.75) is 32.4 Å². The van der Waals surface area contributed by atoms with Gasteiger partial charge in [0.25, 0.3) is 5.91 Å². The van der Waals surface area contributed by atoms with E-state index in [9.17, 15) is 18.4 Å². The summed E-state index contributed by atoms with van der Waals surface area (Å²) >= 11 is 1.69. The van der Waals surface area contributed by atoms with E-state index in [2.05, 4.69) is 5.32 Å². The van der Waals surface area contributed by atoms with Crippen molar-refractivity contribution >= 4 is 34.6 Å². The number of halogens is 3. The van der Waals surface area contributed by atoms with Crippen molar-refractivity contribution in [2.24, 2.45) is 0 Å². The monoisotopic (exact) mass is 438 g/mol. The highest BCUT2D eigenvalue weighted by molar-refractivity contribution is 14.1. The van der Waals surface area contributed by atoms with Crippen LogP contribution in [0, 0.1) is 15.2 Å². The number of hydrogen-bond donors (Lipinski definition) is 1. The number of benzene rings is 1. The summed E-state index contributed by atoms with van der Waals surface area (Å²) in [4.78, 5) is 25.2. The Balaban J connectivity index is 1.93. The lowest BCUT2D eigenvalue weighted by Gasteiger charge is -2.39. The van der Waals surface area contributed by atoms with Crippen LogP contribution in [0.25, 0.3) is 0 Å². The first-order chi connectivity index (χ1) is 10.6. The number of carbonyl (C=O) groups excluding carboxylic acids is 2. The van der Waals surface area contributed by atoms with E-state index in [1.165, 1.54) is 11.0 Å². The number of nitrogens with zero attached hydrogens (tertiary/aromatic N) is 1. The van der Waals surface area contributed by atoms with E-state index < -0.39 is 34.8 Å². The zero-order valence-corrected chi connectivity index (χ0v) is 15.1. The van der Waals surface area contributed by atoms with Crippen molar-refractivity contribution in [2.75, 3.05) is 13.1 Å². The molecule has 0 aromatic heterocycles. The SMILES string of the molecule is CC(C)(C)OC(=O)N1CC(NC(=O)c2c(F)ccc(I)c2F)C1. The maximum Gasteiger partial charge on any atom is 0.410 e. The highest BCUT2D eigenvalue weighted by Crippen LogP contribution is 2.20. The van der Waals surface area contributed by atoms with E-state index in [1.807, 2.05) is 0 Å². The molecule has 23 heavy (non-hydrogen) atoms. The molecule has 8 heteroatoms. The smallest absolute Gasteiger partial charge is 0.410 e. The van der Waals surface area contributed by atoms with Gasteiger partial charge in [0.1, 0.15) is 17.0 Å². The summed E-state index contributed by atoms with van der Waals surface area (Å²) in [6, 6.07) is 1.95. The molecule has 1 fully saturated rings. The number of carbonyl (C=O) groups is 2. The van der Waals surface area contributed by atoms with Gasteiger partial charge in [-0.15, -0.1) is 0 Å². The van der Waals surface area contributed by atoms with Crippen LogP contribution in [0.2, 0.25) is 0 Å². The van der Waals surface area contributed by atoms with Crippen molar-refractivity contribution in [1.82, 2.24) is 10.2 Å². The molecule has 1 aromatic rings. The van der Waals surface area contributed by atoms with E-state index in [0.29, 0.717) is 0 Å². The van der Waals surface area contributed by atoms with Gasteiger partial charge >= 0.3 is 6.09 Å². The van der Waals surface area contributed by atoms with Gasteiger partial charge in [-0.1, -0.05) is 0 Å². The van der Waals surface area contributed by atoms with E-state index in [4.69, 9.17) is 4.74 Å². The lowest BCUT2D eigenvalue weighted by molar-refractivity contribution is 0.00528. The number of hydrogen-bond acceptors (Lipinski definition) is 3. The molecule has 2 amide bonds. The minimum absolute atomic E-state index is 0.165. The Morgan fingerprint density at radius 2 is 1.91 bits per heavy atom. The van der Waals surface area contributed by atoms with Gasteiger partial charge in [0, 0.05) is 16.7 Å². The highest BCUT2D eigenvalue weighted by Gasteiger charge is 2.35. The number of amides is 2. The zero-order valence-electron chi connectivity index (χ0n) is 13.0. The highest BCUT2D eigenvalue weighted by atomic mass is 127. The van der Waals surface area contributed by atoms with Gasteiger partial charge in [0.15, 0.2) is 5.82 Å². The molecule has 1 aliphatic heterocycles. The first-order valence-corrected chi connectivity index (χ1v) is 8.08. The molecule has 1 aromatic carbocycles. The summed E-state index contributed by atoms with van der Waals surface area (Å²) < 4.78 is 32.9. The lowest BCUT2D eigenvalue weighted by atomic mass is 10.1. The van der Waals surface area contributed by atoms with Crippen molar-refractivity contribution in [3.63, 3.8) is 0 Å². The van der Waals surface area contributed by atoms with Crippen LogP contribution < -0.4 is 5.32 Å². The number of rotatable bonds is 2. The third kappa shape index (κ3) is 4.30. The van der Waals surface area contributed by atoms with Crippen LogP contribution in [0.15, 0.2) is 12.1 Å². The molecule has 0 saturated carbocycles. The Morgan fingerprint density at radius 1 is 1.30 bits per heavy atom. The van der Waals surface area contributed by atoms with E-state index >= 15 is 0 Å². The van der Waals surface area contributed by atoms with Crippen LogP contribution in [0.5, 0.6) is 0 Å². The molecule has 0 aliphatic carbocycles. The Kier molecular flexibility index (Phi) is 5.12. The van der Waals surface area contributed by atoms with Crippen molar-refractivity contribution < 1.29 is 23.1 Å². The van der Waals surface area contributed by atoms with E-state index in [-0.39, 0.29) is 22.7 Å². The second-order valence-electron chi connectivity index (χ2n) is 6.27. The summed E-state index contributed by atoms with van der Waals surface area (Å²) in [7, 11) is 0. The fraction of sp³-hybridized carbons (Fsp3) is 0.467. The summed E-state index contributed by atoms with van der Waals surface area (Å²) in [5.41, 5.74) is -1.20. The third-order valence-corrected chi connectivity index (χ3v) is 3.97. The van der Waals surface area contributed by atoms with E-state index in [0.717, 1.165) is 6.07 Å². The largest absolute Gasteiger partial charge is 0.444 e. The molecular formula is C15H17F2IN2O3. The minimum Gasteiger partial charge on any atom is -0.444 e. The predicted molar refractivity (Wildman–Crippen MR) is 88.1 cm³/mol. The minimum atomic E-state index is -0.913. The van der Waals surface area contributed by atoms with Crippen LogP contribution in [0.3, 0.4) is 0 Å². The fourth-order valence-electron chi connectivity index (χ4n) is 2.04. The van der Waals surface area contributed by atoms with Gasteiger partial charge in [-0.2, -0.15) is 0 Å². The Morgan fingerprint density at radius 3 is 2.48 bits per heavy atom. The molecule has 1 saturated heterocycles. The summed E-state index contributed by atoms with van der Waals surface area (Å²) in [6.45, 7) is 5.76. The Labute approximate surface area is 146 Å². The fourth-order valence-corrected chi connectivity index (χ4v) is 2.49. The molecule has 0 bridgehead atoms. The average Bonchev–Trinajstić information content (AvgIpc) is 2.36. The number of ether oxygens (including phenoxy) is 1. The van der Waals surface area contributed by atoms with Gasteiger partial charge in [-0.3, -0.25) is 4.79 Å². The van der Waals surface area contributed by atoms with Gasteiger partial charge in [0.05, 0.1) is 6.04 Å². The van der Waals surface area contributed by atoms with Gasteiger partial charge < -0.3 is 15.0 Å². The Bertz CT molecular complexity index is 640. The van der Waals surface area contributed by atoms with Gasteiger partial charge in [0.2, 0.25) is 0 Å². The maximum atomic E-state index is 13.9. The molecule has 0 spiro atoms. The molecule has 0 unspecified atom stereocenters. The second kappa shape index (κ2) is 6.58. The molecule has 1 N–H and O–H groups in total. The van der Waals surface area contributed by atoms with Crippen LogP contribution in [0.1, 0.15) is 31.1 Å². The predicted octanol–water partition coefficient (Wildman–Crippen LogP) is 2.92. The van der Waals surface area contributed by atoms with Crippen molar-refractivity contribution in [3.8, 4) is 0 Å². The summed E-state index contributed by atoms with van der Waals surface area (Å²) in [6.07, 6.45) is -0.477. The van der Waals surface area contributed by atoms with E-state index in [1.54, 1.807) is 43.4 Å². The normalized spacial score (nSPS) is 15.1. The first kappa shape index (κ1) is 17.9. The molecule has 0 atom stereocenters. The molecule has 1 heterocycles. The molecular weight excluding hydrogens is 421 g/mol. The zero-order chi connectivity index (χ0) is 17.4. The maximum absolute atomic E-state index is 13.9. The quantitative estimate of drug-likeness (QED) is 0.571. The topological polar surface area (TPSA) is 58.6 Å². The molecule has 126 valence electrons. The lowest BCUT2D eigenvalue weighted by Crippen LogP contribution is -2.61. The standard InChI is InChI=1S/C15H17F2IN2O3/c1-15(2,3)23-14(22)20-6-8(7-20)19-13(21)11-9(16)4-5-10(18)12(11)17/h4-5,8H,6-7H2,1-3H3,(H,19,21). The molecule has 0 radical (unpaired) electrons. The van der Waals surface area contributed by atoms with Crippen LogP contribution >= 0.6 is 22.6 Å². The molecule has 2 rings (SSSR count). The number of nitrogens with one attached hydrogen (secondary N) is 1. The summed E-state index contributed by atoms with van der Waals surface area (Å²) in [5.74, 6) is -2.62. The van der Waals surface area contributed by atoms with Crippen LogP contribution in [-0.4, -0.2) is 41.6 Å².